The molecule has 5 nitrogen and oxygen atoms in total. The first-order valence-electron chi connectivity index (χ1n) is 15.2. The van der Waals surface area contributed by atoms with Gasteiger partial charge in [-0.05, 0) is 48.5 Å². The van der Waals surface area contributed by atoms with Crippen molar-refractivity contribution >= 4 is 43.6 Å². The summed E-state index contributed by atoms with van der Waals surface area (Å²) in [5.74, 6) is 1.43. The molecule has 0 bridgehead atoms. The van der Waals surface area contributed by atoms with Gasteiger partial charge in [0.25, 0.3) is 0 Å². The van der Waals surface area contributed by atoms with Gasteiger partial charge in [-0.15, -0.1) is 0 Å². The van der Waals surface area contributed by atoms with E-state index in [1.807, 2.05) is 60.7 Å². The van der Waals surface area contributed by atoms with Crippen LogP contribution in [0.4, 0.5) is 0 Å². The van der Waals surface area contributed by atoms with E-state index >= 15 is 0 Å². The molecule has 0 aliphatic carbocycles. The maximum Gasteiger partial charge on any atom is 0.162 e. The van der Waals surface area contributed by atoms with Crippen molar-refractivity contribution in [1.82, 2.24) is 19.1 Å². The molecule has 0 spiro atoms. The van der Waals surface area contributed by atoms with Crippen LogP contribution in [0.25, 0.3) is 77.8 Å². The number of para-hydroxylation sites is 3. The van der Waals surface area contributed by atoms with Crippen LogP contribution in [-0.4, -0.2) is 19.1 Å². The minimum absolute atomic E-state index is 0.614. The van der Waals surface area contributed by atoms with E-state index in [2.05, 4.69) is 106 Å². The molecular formula is C41H25N5. The van der Waals surface area contributed by atoms with E-state index < -0.39 is 0 Å². The maximum absolute atomic E-state index is 9.37. The SMILES string of the molecule is N#Cc1ccc(-c2cc(-n3c4ccccc4c4cc(-n5c6ccccc6c6ccccc65)ccc43)nc(-c3ccccc3)n2)cc1. The quantitative estimate of drug-likeness (QED) is 0.206. The van der Waals surface area contributed by atoms with Crippen LogP contribution in [-0.2, 0) is 0 Å². The smallest absolute Gasteiger partial charge is 0.162 e. The predicted octanol–water partition coefficient (Wildman–Crippen LogP) is 9.88. The second kappa shape index (κ2) is 10.3. The molecule has 0 saturated heterocycles. The molecule has 0 unspecified atom stereocenters. The van der Waals surface area contributed by atoms with Gasteiger partial charge in [0.15, 0.2) is 5.82 Å². The minimum atomic E-state index is 0.614. The molecule has 46 heavy (non-hydrogen) atoms. The van der Waals surface area contributed by atoms with Crippen molar-refractivity contribution < 1.29 is 0 Å². The highest BCUT2D eigenvalue weighted by atomic mass is 15.1. The lowest BCUT2D eigenvalue weighted by Crippen LogP contribution is -2.02. The largest absolute Gasteiger partial charge is 0.309 e. The van der Waals surface area contributed by atoms with Gasteiger partial charge in [-0.2, -0.15) is 5.26 Å². The molecule has 0 amide bonds. The molecule has 5 heteroatoms. The summed E-state index contributed by atoms with van der Waals surface area (Å²) in [6.45, 7) is 0. The molecule has 0 saturated carbocycles. The molecule has 6 aromatic carbocycles. The molecule has 0 N–H and O–H groups in total. The Balaban J connectivity index is 1.31. The molecule has 0 aliphatic rings. The van der Waals surface area contributed by atoms with Gasteiger partial charge in [-0.25, -0.2) is 9.97 Å². The van der Waals surface area contributed by atoms with E-state index in [9.17, 15) is 5.26 Å². The second-order valence-corrected chi connectivity index (χ2v) is 11.4. The fourth-order valence-corrected chi connectivity index (χ4v) is 6.68. The van der Waals surface area contributed by atoms with E-state index in [1.165, 1.54) is 21.8 Å². The van der Waals surface area contributed by atoms with Gasteiger partial charge in [0.1, 0.15) is 5.82 Å². The van der Waals surface area contributed by atoms with E-state index in [4.69, 9.17) is 9.97 Å². The van der Waals surface area contributed by atoms with Gasteiger partial charge >= 0.3 is 0 Å². The lowest BCUT2D eigenvalue weighted by atomic mass is 10.1. The Kier molecular flexibility index (Phi) is 5.81. The van der Waals surface area contributed by atoms with E-state index in [-0.39, 0.29) is 0 Å². The third-order valence-corrected chi connectivity index (χ3v) is 8.78. The molecule has 9 aromatic rings. The predicted molar refractivity (Wildman–Crippen MR) is 186 cm³/mol. The van der Waals surface area contributed by atoms with Crippen molar-refractivity contribution in [2.75, 3.05) is 0 Å². The van der Waals surface area contributed by atoms with Gasteiger partial charge in [0, 0.05) is 44.4 Å². The number of benzene rings is 6. The third-order valence-electron chi connectivity index (χ3n) is 8.78. The van der Waals surface area contributed by atoms with Gasteiger partial charge in [-0.3, -0.25) is 4.57 Å². The molecule has 0 atom stereocenters. The molecule has 0 fully saturated rings. The Morgan fingerprint density at radius 1 is 0.457 bits per heavy atom. The zero-order valence-corrected chi connectivity index (χ0v) is 24.7. The summed E-state index contributed by atoms with van der Waals surface area (Å²) >= 11 is 0. The minimum Gasteiger partial charge on any atom is -0.309 e. The Morgan fingerprint density at radius 2 is 1.02 bits per heavy atom. The highest BCUT2D eigenvalue weighted by Gasteiger charge is 2.18. The lowest BCUT2D eigenvalue weighted by molar-refractivity contribution is 1.05. The molecular weight excluding hydrogens is 562 g/mol. The van der Waals surface area contributed by atoms with Crippen molar-refractivity contribution in [3.8, 4) is 40.2 Å². The van der Waals surface area contributed by atoms with Crippen molar-refractivity contribution in [2.45, 2.75) is 0 Å². The molecule has 9 rings (SSSR count). The Morgan fingerprint density at radius 3 is 1.67 bits per heavy atom. The van der Waals surface area contributed by atoms with Crippen LogP contribution in [0.5, 0.6) is 0 Å². The zero-order chi connectivity index (χ0) is 30.6. The Labute approximate surface area is 264 Å². The summed E-state index contributed by atoms with van der Waals surface area (Å²) in [6.07, 6.45) is 0. The van der Waals surface area contributed by atoms with Crippen LogP contribution in [0.2, 0.25) is 0 Å². The monoisotopic (exact) mass is 587 g/mol. The summed E-state index contributed by atoms with van der Waals surface area (Å²) < 4.78 is 4.60. The van der Waals surface area contributed by atoms with Crippen LogP contribution in [0.3, 0.4) is 0 Å². The number of rotatable bonds is 4. The first-order chi connectivity index (χ1) is 22.8. The van der Waals surface area contributed by atoms with Crippen molar-refractivity contribution in [1.29, 1.82) is 5.26 Å². The number of hydrogen-bond donors (Lipinski definition) is 0. The van der Waals surface area contributed by atoms with Crippen LogP contribution < -0.4 is 0 Å². The maximum atomic E-state index is 9.37. The van der Waals surface area contributed by atoms with E-state index in [1.54, 1.807) is 0 Å². The molecule has 3 aromatic heterocycles. The zero-order valence-electron chi connectivity index (χ0n) is 24.7. The number of fused-ring (bicyclic) bond motifs is 6. The first-order valence-corrected chi connectivity index (χ1v) is 15.2. The van der Waals surface area contributed by atoms with Gasteiger partial charge in [0.2, 0.25) is 0 Å². The fraction of sp³-hybridized carbons (Fsp3) is 0. The lowest BCUT2D eigenvalue weighted by Gasteiger charge is -2.12. The number of aromatic nitrogens is 4. The third kappa shape index (κ3) is 4.02. The van der Waals surface area contributed by atoms with Gasteiger partial charge in [-0.1, -0.05) is 97.1 Å². The molecule has 214 valence electrons. The van der Waals surface area contributed by atoms with Crippen LogP contribution in [0, 0.1) is 11.3 Å². The Hall–Kier alpha value is -6.51. The average molecular weight is 588 g/mol. The van der Waals surface area contributed by atoms with Crippen molar-refractivity contribution in [3.05, 3.63) is 157 Å². The average Bonchev–Trinajstić information content (AvgIpc) is 3.64. The molecule has 0 radical (unpaired) electrons. The van der Waals surface area contributed by atoms with E-state index in [0.717, 1.165) is 50.1 Å². The summed E-state index contributed by atoms with van der Waals surface area (Å²) in [6, 6.07) is 54.3. The van der Waals surface area contributed by atoms with Crippen LogP contribution in [0.1, 0.15) is 5.56 Å². The van der Waals surface area contributed by atoms with Crippen molar-refractivity contribution in [3.63, 3.8) is 0 Å². The molecule has 3 heterocycles. The van der Waals surface area contributed by atoms with Crippen molar-refractivity contribution in [2.24, 2.45) is 0 Å². The topological polar surface area (TPSA) is 59.4 Å². The number of hydrogen-bond acceptors (Lipinski definition) is 3. The second-order valence-electron chi connectivity index (χ2n) is 11.4. The van der Waals surface area contributed by atoms with Crippen LogP contribution in [0.15, 0.2) is 152 Å². The van der Waals surface area contributed by atoms with Gasteiger partial charge < -0.3 is 4.57 Å². The number of nitriles is 1. The van der Waals surface area contributed by atoms with Gasteiger partial charge in [0.05, 0.1) is 39.4 Å². The summed E-state index contributed by atoms with van der Waals surface area (Å²) in [5, 5.41) is 14.1. The summed E-state index contributed by atoms with van der Waals surface area (Å²) in [4.78, 5) is 10.1. The molecule has 0 aliphatic heterocycles. The fourth-order valence-electron chi connectivity index (χ4n) is 6.68. The highest BCUT2D eigenvalue weighted by molar-refractivity contribution is 6.12. The normalized spacial score (nSPS) is 11.5. The highest BCUT2D eigenvalue weighted by Crippen LogP contribution is 2.37. The first kappa shape index (κ1) is 25.9. The summed E-state index contributed by atoms with van der Waals surface area (Å²) in [7, 11) is 0. The standard InChI is InChI=1S/C41H25N5/c42-26-27-18-20-28(21-19-27)35-25-40(44-41(43-35)29-10-2-1-3-11-29)46-38-17-9-6-14-33(38)34-24-30(22-23-39(34)46)45-36-15-7-4-12-31(36)32-13-5-8-16-37(32)45/h1-25H. The number of nitrogens with zero attached hydrogens (tertiary/aromatic N) is 5. The van der Waals surface area contributed by atoms with Crippen LogP contribution >= 0.6 is 0 Å². The summed E-state index contributed by atoms with van der Waals surface area (Å²) in [5.41, 5.74) is 8.88. The van der Waals surface area contributed by atoms with E-state index in [0.29, 0.717) is 11.4 Å². The Bertz CT molecular complexity index is 2580.